The highest BCUT2D eigenvalue weighted by atomic mass is 32.2. The predicted molar refractivity (Wildman–Crippen MR) is 68.5 cm³/mol. The molecule has 0 unspecified atom stereocenters. The molecule has 1 heterocycles. The molecule has 0 aliphatic rings. The Morgan fingerprint density at radius 1 is 1.20 bits per heavy atom. The second-order valence-corrected chi connectivity index (χ2v) is 5.48. The van der Waals surface area contributed by atoms with Gasteiger partial charge in [0.1, 0.15) is 7.05 Å². The first-order valence-electron chi connectivity index (χ1n) is 5.53. The molecular formula is C12H11N2O5S+. The number of hydrogen-bond acceptors (Lipinski definition) is 5. The number of pyridine rings is 1. The van der Waals surface area contributed by atoms with Gasteiger partial charge in [0.05, 0.1) is 4.92 Å². The summed E-state index contributed by atoms with van der Waals surface area (Å²) in [5.41, 5.74) is -0.521. The Hall–Kier alpha value is -2.48. The van der Waals surface area contributed by atoms with E-state index in [-0.39, 0.29) is 5.75 Å². The van der Waals surface area contributed by atoms with Crippen LogP contribution in [-0.4, -0.2) is 13.3 Å². The first-order valence-corrected chi connectivity index (χ1v) is 6.94. The zero-order valence-corrected chi connectivity index (χ0v) is 11.3. The van der Waals surface area contributed by atoms with Crippen molar-refractivity contribution in [2.24, 2.45) is 7.05 Å². The standard InChI is InChI=1S/C12H11N2O5S/c1-13-8-4-5-10(9-13)19-20(17,18)12-7-3-2-6-11(12)14(15)16/h2-9H,1H3/q+1. The van der Waals surface area contributed by atoms with Crippen molar-refractivity contribution in [3.63, 3.8) is 0 Å². The fraction of sp³-hybridized carbons (Fsp3) is 0.0833. The van der Waals surface area contributed by atoms with Gasteiger partial charge in [-0.3, -0.25) is 10.1 Å². The van der Waals surface area contributed by atoms with Crippen molar-refractivity contribution >= 4 is 15.8 Å². The molecule has 0 amide bonds. The van der Waals surface area contributed by atoms with Gasteiger partial charge < -0.3 is 4.18 Å². The number of nitro groups is 1. The van der Waals surface area contributed by atoms with Gasteiger partial charge >= 0.3 is 10.1 Å². The highest BCUT2D eigenvalue weighted by Gasteiger charge is 2.27. The van der Waals surface area contributed by atoms with Crippen LogP contribution >= 0.6 is 0 Å². The third-order valence-electron chi connectivity index (χ3n) is 2.45. The first-order chi connectivity index (χ1) is 9.40. The van der Waals surface area contributed by atoms with Crippen LogP contribution in [0.5, 0.6) is 5.75 Å². The van der Waals surface area contributed by atoms with Gasteiger partial charge in [-0.05, 0) is 12.1 Å². The highest BCUT2D eigenvalue weighted by molar-refractivity contribution is 7.87. The maximum absolute atomic E-state index is 12.1. The van der Waals surface area contributed by atoms with E-state index in [2.05, 4.69) is 0 Å². The van der Waals surface area contributed by atoms with Crippen LogP contribution < -0.4 is 8.75 Å². The molecule has 0 saturated heterocycles. The van der Waals surface area contributed by atoms with Crippen molar-refractivity contribution in [3.8, 4) is 5.75 Å². The summed E-state index contributed by atoms with van der Waals surface area (Å²) in [6.45, 7) is 0. The topological polar surface area (TPSA) is 90.4 Å². The Morgan fingerprint density at radius 2 is 1.90 bits per heavy atom. The van der Waals surface area contributed by atoms with Crippen molar-refractivity contribution in [2.75, 3.05) is 0 Å². The van der Waals surface area contributed by atoms with E-state index in [0.717, 1.165) is 12.1 Å². The zero-order valence-electron chi connectivity index (χ0n) is 10.5. The molecule has 0 aliphatic carbocycles. The van der Waals surface area contributed by atoms with E-state index in [1.807, 2.05) is 0 Å². The number of benzene rings is 1. The van der Waals surface area contributed by atoms with E-state index in [1.165, 1.54) is 24.4 Å². The zero-order chi connectivity index (χ0) is 14.8. The van der Waals surface area contributed by atoms with Gasteiger partial charge in [-0.15, -0.1) is 0 Å². The molecule has 0 aliphatic heterocycles. The number of hydrogen-bond donors (Lipinski definition) is 0. The van der Waals surface area contributed by atoms with Gasteiger partial charge in [0.25, 0.3) is 5.69 Å². The summed E-state index contributed by atoms with van der Waals surface area (Å²) >= 11 is 0. The molecule has 104 valence electrons. The van der Waals surface area contributed by atoms with Crippen LogP contribution in [0.3, 0.4) is 0 Å². The van der Waals surface area contributed by atoms with Crippen molar-refractivity contribution in [1.82, 2.24) is 0 Å². The second kappa shape index (κ2) is 5.25. The van der Waals surface area contributed by atoms with Gasteiger partial charge in [0, 0.05) is 12.1 Å². The fourth-order valence-electron chi connectivity index (χ4n) is 1.60. The molecule has 0 saturated carbocycles. The summed E-state index contributed by atoms with van der Waals surface area (Å²) in [7, 11) is -2.56. The number of nitrogens with zero attached hydrogens (tertiary/aromatic N) is 2. The number of aromatic nitrogens is 1. The maximum Gasteiger partial charge on any atom is 0.346 e. The molecule has 1 aromatic heterocycles. The Balaban J connectivity index is 2.44. The van der Waals surface area contributed by atoms with E-state index in [9.17, 15) is 18.5 Å². The van der Waals surface area contributed by atoms with Gasteiger partial charge in [-0.25, -0.2) is 4.57 Å². The Kier molecular flexibility index (Phi) is 3.66. The minimum absolute atomic E-state index is 0.0770. The molecule has 20 heavy (non-hydrogen) atoms. The number of para-hydroxylation sites is 1. The van der Waals surface area contributed by atoms with E-state index < -0.39 is 25.6 Å². The summed E-state index contributed by atoms with van der Waals surface area (Å²) in [4.78, 5) is 9.62. The third-order valence-corrected chi connectivity index (χ3v) is 3.75. The van der Waals surface area contributed by atoms with Crippen LogP contribution in [0, 0.1) is 10.1 Å². The van der Waals surface area contributed by atoms with Crippen LogP contribution in [0.4, 0.5) is 5.69 Å². The largest absolute Gasteiger partial charge is 0.372 e. The molecule has 0 N–H and O–H groups in total. The third kappa shape index (κ3) is 2.91. The van der Waals surface area contributed by atoms with Crippen molar-refractivity contribution in [3.05, 3.63) is 58.9 Å². The molecule has 0 bridgehead atoms. The summed E-state index contributed by atoms with van der Waals surface area (Å²) < 4.78 is 30.7. The van der Waals surface area contributed by atoms with Gasteiger partial charge in [0.15, 0.2) is 11.1 Å². The van der Waals surface area contributed by atoms with E-state index in [0.29, 0.717) is 0 Å². The van der Waals surface area contributed by atoms with Crippen LogP contribution in [0.25, 0.3) is 0 Å². The molecule has 0 spiro atoms. The summed E-state index contributed by atoms with van der Waals surface area (Å²) in [5, 5.41) is 10.9. The summed E-state index contributed by atoms with van der Waals surface area (Å²) in [5.74, 6) is 0.0770. The van der Waals surface area contributed by atoms with Crippen molar-refractivity contribution in [2.45, 2.75) is 4.90 Å². The molecule has 0 atom stereocenters. The molecule has 0 radical (unpaired) electrons. The lowest BCUT2D eigenvalue weighted by Gasteiger charge is -2.06. The summed E-state index contributed by atoms with van der Waals surface area (Å²) in [6, 6.07) is 8.09. The smallest absolute Gasteiger partial charge is 0.346 e. The van der Waals surface area contributed by atoms with E-state index >= 15 is 0 Å². The van der Waals surface area contributed by atoms with Crippen LogP contribution in [0.2, 0.25) is 0 Å². The van der Waals surface area contributed by atoms with Crippen LogP contribution in [0.15, 0.2) is 53.7 Å². The average molecular weight is 295 g/mol. The maximum atomic E-state index is 12.1. The van der Waals surface area contributed by atoms with Gasteiger partial charge in [-0.2, -0.15) is 8.42 Å². The molecule has 8 heteroatoms. The predicted octanol–water partition coefficient (Wildman–Crippen LogP) is 1.19. The normalized spacial score (nSPS) is 11.1. The Morgan fingerprint density at radius 3 is 2.55 bits per heavy atom. The van der Waals surface area contributed by atoms with Crippen molar-refractivity contribution < 1.29 is 22.1 Å². The number of rotatable bonds is 4. The lowest BCUT2D eigenvalue weighted by molar-refractivity contribution is -0.671. The average Bonchev–Trinajstić information content (AvgIpc) is 2.38. The van der Waals surface area contributed by atoms with Gasteiger partial charge in [0.2, 0.25) is 11.9 Å². The van der Waals surface area contributed by atoms with Gasteiger partial charge in [-0.1, -0.05) is 12.1 Å². The van der Waals surface area contributed by atoms with E-state index in [1.54, 1.807) is 23.9 Å². The molecular weight excluding hydrogens is 284 g/mol. The second-order valence-electron chi connectivity index (χ2n) is 3.97. The molecule has 0 fully saturated rings. The number of nitro benzene ring substituents is 1. The fourth-order valence-corrected chi connectivity index (χ4v) is 2.69. The molecule has 2 rings (SSSR count). The minimum atomic E-state index is -4.26. The molecule has 1 aromatic carbocycles. The van der Waals surface area contributed by atoms with E-state index in [4.69, 9.17) is 4.18 Å². The molecule has 7 nitrogen and oxygen atoms in total. The monoisotopic (exact) mass is 295 g/mol. The Bertz CT molecular complexity index is 758. The first kappa shape index (κ1) is 13.9. The van der Waals surface area contributed by atoms with Crippen molar-refractivity contribution in [1.29, 1.82) is 0 Å². The van der Waals surface area contributed by atoms with Crippen LogP contribution in [-0.2, 0) is 17.2 Å². The lowest BCUT2D eigenvalue weighted by Crippen LogP contribution is -2.26. The SMILES string of the molecule is C[n+]1cccc(OS(=O)(=O)c2ccccc2[N+](=O)[O-])c1. The number of aryl methyl sites for hydroxylation is 1. The molecule has 2 aromatic rings. The minimum Gasteiger partial charge on any atom is -0.372 e. The Labute approximate surface area is 115 Å². The lowest BCUT2D eigenvalue weighted by atomic mass is 10.3. The highest BCUT2D eigenvalue weighted by Crippen LogP contribution is 2.25. The quantitative estimate of drug-likeness (QED) is 0.366. The van der Waals surface area contributed by atoms with Crippen LogP contribution in [0.1, 0.15) is 0 Å². The summed E-state index contributed by atoms with van der Waals surface area (Å²) in [6.07, 6.45) is 3.15.